The average molecular weight is 420 g/mol. The van der Waals surface area contributed by atoms with Crippen LogP contribution in [0.25, 0.3) is 11.1 Å². The van der Waals surface area contributed by atoms with Crippen molar-refractivity contribution in [3.8, 4) is 16.9 Å². The van der Waals surface area contributed by atoms with Crippen molar-refractivity contribution in [2.24, 2.45) is 0 Å². The van der Waals surface area contributed by atoms with Gasteiger partial charge in [0.25, 0.3) is 11.6 Å². The largest absolute Gasteiger partial charge is 0.496 e. The van der Waals surface area contributed by atoms with Gasteiger partial charge in [0.05, 0.1) is 24.5 Å². The maximum atomic E-state index is 12.1. The van der Waals surface area contributed by atoms with Crippen molar-refractivity contribution in [2.45, 2.75) is 6.42 Å². The van der Waals surface area contributed by atoms with Crippen molar-refractivity contribution in [1.82, 2.24) is 0 Å². The summed E-state index contributed by atoms with van der Waals surface area (Å²) in [5.41, 5.74) is 2.51. The van der Waals surface area contributed by atoms with Crippen LogP contribution in [0.5, 0.6) is 5.75 Å². The van der Waals surface area contributed by atoms with Crippen LogP contribution in [-0.4, -0.2) is 30.5 Å². The van der Waals surface area contributed by atoms with Crippen LogP contribution in [0.1, 0.15) is 5.56 Å². The number of benzene rings is 3. The van der Waals surface area contributed by atoms with E-state index < -0.39 is 23.4 Å². The number of carbonyl (C=O) groups excluding carboxylic acids is 2. The van der Waals surface area contributed by atoms with Gasteiger partial charge < -0.3 is 14.8 Å². The number of nitrogens with one attached hydrogen (secondary N) is 1. The average Bonchev–Trinajstić information content (AvgIpc) is 2.79. The highest BCUT2D eigenvalue weighted by Crippen LogP contribution is 2.28. The molecule has 0 heterocycles. The van der Waals surface area contributed by atoms with Crippen LogP contribution < -0.4 is 10.1 Å². The van der Waals surface area contributed by atoms with Gasteiger partial charge in [-0.25, -0.2) is 0 Å². The zero-order chi connectivity index (χ0) is 22.2. The molecule has 0 aromatic heterocycles. The molecule has 3 rings (SSSR count). The number of ether oxygens (including phenoxy) is 2. The molecular formula is C23H20N2O6. The second-order valence-corrected chi connectivity index (χ2v) is 6.59. The first-order valence-electron chi connectivity index (χ1n) is 9.38. The van der Waals surface area contributed by atoms with E-state index in [0.29, 0.717) is 0 Å². The van der Waals surface area contributed by atoms with E-state index >= 15 is 0 Å². The second-order valence-electron chi connectivity index (χ2n) is 6.59. The van der Waals surface area contributed by atoms with Gasteiger partial charge in [-0.15, -0.1) is 0 Å². The Morgan fingerprint density at radius 1 is 0.968 bits per heavy atom. The molecule has 8 heteroatoms. The summed E-state index contributed by atoms with van der Waals surface area (Å²) in [7, 11) is 1.38. The number of anilines is 1. The van der Waals surface area contributed by atoms with Crippen molar-refractivity contribution in [3.63, 3.8) is 0 Å². The molecule has 0 saturated heterocycles. The molecule has 0 aliphatic rings. The quantitative estimate of drug-likeness (QED) is 0.335. The predicted octanol–water partition coefficient (Wildman–Crippen LogP) is 3.99. The number of rotatable bonds is 8. The van der Waals surface area contributed by atoms with Crippen molar-refractivity contribution in [1.29, 1.82) is 0 Å². The van der Waals surface area contributed by atoms with E-state index in [-0.39, 0.29) is 23.5 Å². The Morgan fingerprint density at radius 2 is 1.65 bits per heavy atom. The first-order valence-corrected chi connectivity index (χ1v) is 9.38. The third-order valence-corrected chi connectivity index (χ3v) is 4.45. The zero-order valence-corrected chi connectivity index (χ0v) is 16.7. The number of carbonyl (C=O) groups is 2. The Morgan fingerprint density at radius 3 is 2.29 bits per heavy atom. The number of nitro groups is 1. The minimum atomic E-state index is -0.680. The lowest BCUT2D eigenvalue weighted by atomic mass is 10.0. The zero-order valence-electron chi connectivity index (χ0n) is 16.7. The topological polar surface area (TPSA) is 108 Å². The molecule has 0 saturated carbocycles. The Bertz CT molecular complexity index is 1080. The van der Waals surface area contributed by atoms with Crippen LogP contribution in [0.3, 0.4) is 0 Å². The highest BCUT2D eigenvalue weighted by Gasteiger charge is 2.18. The Balaban J connectivity index is 1.53. The number of hydrogen-bond acceptors (Lipinski definition) is 6. The normalized spacial score (nSPS) is 10.2. The van der Waals surface area contributed by atoms with Crippen molar-refractivity contribution in [2.75, 3.05) is 19.0 Å². The van der Waals surface area contributed by atoms with Gasteiger partial charge in [0.15, 0.2) is 6.61 Å². The minimum Gasteiger partial charge on any atom is -0.496 e. The van der Waals surface area contributed by atoms with Gasteiger partial charge in [0, 0.05) is 0 Å². The molecule has 31 heavy (non-hydrogen) atoms. The van der Waals surface area contributed by atoms with Gasteiger partial charge in [-0.1, -0.05) is 54.6 Å². The van der Waals surface area contributed by atoms with E-state index in [2.05, 4.69) is 5.32 Å². The monoisotopic (exact) mass is 420 g/mol. The van der Waals surface area contributed by atoms with Crippen LogP contribution in [-0.2, 0) is 20.7 Å². The third-order valence-electron chi connectivity index (χ3n) is 4.45. The second kappa shape index (κ2) is 10.0. The summed E-state index contributed by atoms with van der Waals surface area (Å²) in [6, 6.07) is 21.3. The van der Waals surface area contributed by atoms with E-state index in [9.17, 15) is 19.7 Å². The fourth-order valence-corrected chi connectivity index (χ4v) is 2.89. The van der Waals surface area contributed by atoms with Crippen LogP contribution in [0.4, 0.5) is 11.4 Å². The molecule has 0 fully saturated rings. The van der Waals surface area contributed by atoms with Crippen LogP contribution in [0.15, 0.2) is 72.8 Å². The number of methoxy groups -OCH3 is 1. The lowest BCUT2D eigenvalue weighted by Crippen LogP contribution is -2.22. The molecule has 3 aromatic rings. The number of hydrogen-bond donors (Lipinski definition) is 1. The maximum Gasteiger partial charge on any atom is 0.310 e. The summed E-state index contributed by atoms with van der Waals surface area (Å²) in [5.74, 6) is -0.970. The smallest absolute Gasteiger partial charge is 0.310 e. The SMILES string of the molecule is COc1ccc(NC(=O)COC(=O)Cc2ccc(-c3ccccc3)cc2)c([N+](=O)[O-])c1. The standard InChI is InChI=1S/C23H20N2O6/c1-30-19-11-12-20(21(14-19)25(28)29)24-22(26)15-31-23(27)13-16-7-9-18(10-8-16)17-5-3-2-4-6-17/h2-12,14H,13,15H2,1H3,(H,24,26). The van der Waals surface area contributed by atoms with Crippen molar-refractivity contribution < 1.29 is 24.0 Å². The predicted molar refractivity (Wildman–Crippen MR) is 115 cm³/mol. The van der Waals surface area contributed by atoms with Gasteiger partial charge in [0.1, 0.15) is 11.4 Å². The highest BCUT2D eigenvalue weighted by molar-refractivity contribution is 5.95. The molecule has 0 aliphatic heterocycles. The summed E-state index contributed by atoms with van der Waals surface area (Å²) in [5, 5.41) is 13.5. The molecule has 0 bridgehead atoms. The van der Waals surface area contributed by atoms with Crippen LogP contribution in [0, 0.1) is 10.1 Å². The van der Waals surface area contributed by atoms with E-state index in [1.165, 1.54) is 25.3 Å². The van der Waals surface area contributed by atoms with E-state index in [1.807, 2.05) is 54.6 Å². The van der Waals surface area contributed by atoms with Gasteiger partial charge >= 0.3 is 5.97 Å². The Labute approximate surface area is 178 Å². The number of amides is 1. The fraction of sp³-hybridized carbons (Fsp3) is 0.130. The van der Waals surface area contributed by atoms with Gasteiger partial charge in [0.2, 0.25) is 0 Å². The summed E-state index contributed by atoms with van der Waals surface area (Å²) in [4.78, 5) is 34.6. The Hall–Kier alpha value is -4.20. The van der Waals surface area contributed by atoms with Crippen LogP contribution in [0.2, 0.25) is 0 Å². The first-order chi connectivity index (χ1) is 15.0. The van der Waals surface area contributed by atoms with Gasteiger partial charge in [-0.05, 0) is 28.8 Å². The molecule has 0 aliphatic carbocycles. The lowest BCUT2D eigenvalue weighted by Gasteiger charge is -2.09. The molecular weight excluding hydrogens is 400 g/mol. The molecule has 3 aromatic carbocycles. The maximum absolute atomic E-state index is 12.1. The van der Waals surface area contributed by atoms with Gasteiger partial charge in [-0.2, -0.15) is 0 Å². The molecule has 0 radical (unpaired) electrons. The molecule has 8 nitrogen and oxygen atoms in total. The fourth-order valence-electron chi connectivity index (χ4n) is 2.89. The highest BCUT2D eigenvalue weighted by atomic mass is 16.6. The number of esters is 1. The third kappa shape index (κ3) is 5.89. The number of nitro benzene ring substituents is 1. The van der Waals surface area contributed by atoms with E-state index in [4.69, 9.17) is 9.47 Å². The number of nitrogens with zero attached hydrogens (tertiary/aromatic N) is 1. The molecule has 1 N–H and O–H groups in total. The molecule has 1 amide bonds. The first kappa shape index (κ1) is 21.5. The molecule has 158 valence electrons. The van der Waals surface area contributed by atoms with Crippen molar-refractivity contribution in [3.05, 3.63) is 88.5 Å². The minimum absolute atomic E-state index is 0.00499. The van der Waals surface area contributed by atoms with E-state index in [0.717, 1.165) is 16.7 Å². The summed E-state index contributed by atoms with van der Waals surface area (Å²) < 4.78 is 9.94. The lowest BCUT2D eigenvalue weighted by molar-refractivity contribution is -0.384. The van der Waals surface area contributed by atoms with Gasteiger partial charge in [-0.3, -0.25) is 19.7 Å². The Kier molecular flexibility index (Phi) is 6.95. The molecule has 0 atom stereocenters. The van der Waals surface area contributed by atoms with E-state index in [1.54, 1.807) is 0 Å². The summed E-state index contributed by atoms with van der Waals surface area (Å²) in [6.45, 7) is -0.551. The summed E-state index contributed by atoms with van der Waals surface area (Å²) in [6.07, 6.45) is 0.00499. The van der Waals surface area contributed by atoms with Crippen molar-refractivity contribution >= 4 is 23.3 Å². The van der Waals surface area contributed by atoms with Crippen LogP contribution >= 0.6 is 0 Å². The summed E-state index contributed by atoms with van der Waals surface area (Å²) >= 11 is 0. The molecule has 0 spiro atoms. The molecule has 0 unspecified atom stereocenters.